The molecule has 0 aliphatic heterocycles. The molecule has 0 saturated heterocycles. The first-order valence-electron chi connectivity index (χ1n) is 6.06. The molecule has 0 amide bonds. The monoisotopic (exact) mass is 216 g/mol. The highest BCUT2D eigenvalue weighted by Crippen LogP contribution is 2.28. The summed E-state index contributed by atoms with van der Waals surface area (Å²) in [6.45, 7) is 4.32. The fraction of sp³-hybridized carbons (Fsp3) is 0.429. The van der Waals surface area contributed by atoms with Gasteiger partial charge in [0.1, 0.15) is 0 Å². The Labute approximate surface area is 96.9 Å². The average Bonchev–Trinajstić information content (AvgIpc) is 2.62. The molecule has 0 aliphatic carbocycles. The summed E-state index contributed by atoms with van der Waals surface area (Å²) in [6.07, 6.45) is 3.47. The third-order valence-electron chi connectivity index (χ3n) is 3.18. The zero-order valence-electron chi connectivity index (χ0n) is 10.1. The second kappa shape index (κ2) is 4.71. The Balaban J connectivity index is 2.38. The molecule has 0 unspecified atom stereocenters. The lowest BCUT2D eigenvalue weighted by molar-refractivity contribution is 0.604. The standard InChI is InChI=1S/C14H20N2/c1-3-4-8-12(15)14-10(2)16-13-9-6-5-7-11(13)14/h5-7,9,12,16H,3-4,8,15H2,1-2H3/t12-/m0/s1. The molecular weight excluding hydrogens is 196 g/mol. The largest absolute Gasteiger partial charge is 0.358 e. The van der Waals surface area contributed by atoms with Crippen molar-refractivity contribution in [2.45, 2.75) is 39.2 Å². The molecule has 2 rings (SSSR count). The van der Waals surface area contributed by atoms with E-state index in [2.05, 4.69) is 43.1 Å². The van der Waals surface area contributed by atoms with E-state index in [1.54, 1.807) is 0 Å². The number of fused-ring (bicyclic) bond motifs is 1. The van der Waals surface area contributed by atoms with E-state index in [-0.39, 0.29) is 6.04 Å². The normalized spacial score (nSPS) is 13.2. The maximum Gasteiger partial charge on any atom is 0.0459 e. The molecule has 1 heterocycles. The molecule has 1 atom stereocenters. The van der Waals surface area contributed by atoms with Crippen LogP contribution >= 0.6 is 0 Å². The van der Waals surface area contributed by atoms with Gasteiger partial charge in [-0.3, -0.25) is 0 Å². The number of nitrogens with two attached hydrogens (primary N) is 1. The molecule has 0 bridgehead atoms. The van der Waals surface area contributed by atoms with E-state index in [0.29, 0.717) is 0 Å². The first-order chi connectivity index (χ1) is 7.74. The molecule has 2 nitrogen and oxygen atoms in total. The van der Waals surface area contributed by atoms with Gasteiger partial charge in [0.2, 0.25) is 0 Å². The summed E-state index contributed by atoms with van der Waals surface area (Å²) in [4.78, 5) is 3.40. The van der Waals surface area contributed by atoms with Crippen molar-refractivity contribution in [3.63, 3.8) is 0 Å². The first-order valence-corrected chi connectivity index (χ1v) is 6.06. The van der Waals surface area contributed by atoms with Crippen LogP contribution in [0.3, 0.4) is 0 Å². The topological polar surface area (TPSA) is 41.8 Å². The third-order valence-corrected chi connectivity index (χ3v) is 3.18. The van der Waals surface area contributed by atoms with E-state index < -0.39 is 0 Å². The Morgan fingerprint density at radius 1 is 1.31 bits per heavy atom. The van der Waals surface area contributed by atoms with Crippen molar-refractivity contribution in [1.29, 1.82) is 0 Å². The number of hydrogen-bond donors (Lipinski definition) is 2. The Hall–Kier alpha value is -1.28. The van der Waals surface area contributed by atoms with Crippen LogP contribution in [-0.4, -0.2) is 4.98 Å². The number of aryl methyl sites for hydroxylation is 1. The zero-order chi connectivity index (χ0) is 11.5. The number of rotatable bonds is 4. The van der Waals surface area contributed by atoms with Crippen molar-refractivity contribution in [3.8, 4) is 0 Å². The van der Waals surface area contributed by atoms with Crippen LogP contribution in [0.15, 0.2) is 24.3 Å². The van der Waals surface area contributed by atoms with Gasteiger partial charge in [-0.25, -0.2) is 0 Å². The molecule has 0 saturated carbocycles. The van der Waals surface area contributed by atoms with Crippen molar-refractivity contribution in [3.05, 3.63) is 35.5 Å². The molecule has 3 N–H and O–H groups in total. The predicted octanol–water partition coefficient (Wildman–Crippen LogP) is 3.67. The van der Waals surface area contributed by atoms with Gasteiger partial charge < -0.3 is 10.7 Å². The second-order valence-electron chi connectivity index (χ2n) is 4.46. The van der Waals surface area contributed by atoms with Crippen LogP contribution in [-0.2, 0) is 0 Å². The van der Waals surface area contributed by atoms with E-state index in [4.69, 9.17) is 5.73 Å². The van der Waals surface area contributed by atoms with Gasteiger partial charge >= 0.3 is 0 Å². The van der Waals surface area contributed by atoms with Gasteiger partial charge in [-0.15, -0.1) is 0 Å². The van der Waals surface area contributed by atoms with E-state index in [1.165, 1.54) is 35.0 Å². The van der Waals surface area contributed by atoms with Crippen LogP contribution in [0.5, 0.6) is 0 Å². The molecule has 1 aromatic heterocycles. The molecular formula is C14H20N2. The minimum absolute atomic E-state index is 0.163. The van der Waals surface area contributed by atoms with E-state index in [0.717, 1.165) is 6.42 Å². The van der Waals surface area contributed by atoms with Crippen molar-refractivity contribution < 1.29 is 0 Å². The van der Waals surface area contributed by atoms with Crippen LogP contribution in [0.1, 0.15) is 43.5 Å². The number of para-hydroxylation sites is 1. The lowest BCUT2D eigenvalue weighted by Crippen LogP contribution is -2.10. The van der Waals surface area contributed by atoms with Crippen molar-refractivity contribution in [1.82, 2.24) is 4.98 Å². The smallest absolute Gasteiger partial charge is 0.0459 e. The third kappa shape index (κ3) is 1.98. The van der Waals surface area contributed by atoms with Crippen LogP contribution in [0.4, 0.5) is 0 Å². The van der Waals surface area contributed by atoms with Crippen LogP contribution in [0.2, 0.25) is 0 Å². The summed E-state index contributed by atoms with van der Waals surface area (Å²) in [5.74, 6) is 0. The lowest BCUT2D eigenvalue weighted by Gasteiger charge is -2.11. The van der Waals surface area contributed by atoms with Crippen molar-refractivity contribution in [2.75, 3.05) is 0 Å². The number of aromatic amines is 1. The van der Waals surface area contributed by atoms with Gasteiger partial charge in [0.25, 0.3) is 0 Å². The van der Waals surface area contributed by atoms with Crippen molar-refractivity contribution >= 4 is 10.9 Å². The Morgan fingerprint density at radius 2 is 2.06 bits per heavy atom. The number of benzene rings is 1. The lowest BCUT2D eigenvalue weighted by atomic mass is 9.99. The minimum atomic E-state index is 0.163. The van der Waals surface area contributed by atoms with Gasteiger partial charge in [0.05, 0.1) is 0 Å². The number of unbranched alkanes of at least 4 members (excludes halogenated alkanes) is 1. The zero-order valence-corrected chi connectivity index (χ0v) is 10.1. The predicted molar refractivity (Wildman–Crippen MR) is 69.5 cm³/mol. The molecule has 0 aliphatic rings. The summed E-state index contributed by atoms with van der Waals surface area (Å²) in [5.41, 5.74) is 9.98. The molecule has 0 fully saturated rings. The Morgan fingerprint density at radius 3 is 2.81 bits per heavy atom. The van der Waals surface area contributed by atoms with Gasteiger partial charge in [0, 0.05) is 22.6 Å². The highest BCUT2D eigenvalue weighted by molar-refractivity contribution is 5.85. The molecule has 0 spiro atoms. The Kier molecular flexibility index (Phi) is 3.30. The average molecular weight is 216 g/mol. The summed E-state index contributed by atoms with van der Waals surface area (Å²) in [5, 5.41) is 1.28. The number of H-pyrrole nitrogens is 1. The highest BCUT2D eigenvalue weighted by atomic mass is 14.7. The number of nitrogens with one attached hydrogen (secondary N) is 1. The molecule has 2 heteroatoms. The minimum Gasteiger partial charge on any atom is -0.358 e. The molecule has 1 aromatic carbocycles. The highest BCUT2D eigenvalue weighted by Gasteiger charge is 2.14. The van der Waals surface area contributed by atoms with Gasteiger partial charge in [0.15, 0.2) is 0 Å². The summed E-state index contributed by atoms with van der Waals surface area (Å²) in [7, 11) is 0. The second-order valence-corrected chi connectivity index (χ2v) is 4.46. The maximum atomic E-state index is 6.27. The number of hydrogen-bond acceptors (Lipinski definition) is 1. The first kappa shape index (κ1) is 11.2. The SMILES string of the molecule is CCCC[C@H](N)c1c(C)[nH]c2ccccc12. The fourth-order valence-electron chi connectivity index (χ4n) is 2.34. The van der Waals surface area contributed by atoms with E-state index in [1.807, 2.05) is 0 Å². The maximum absolute atomic E-state index is 6.27. The quantitative estimate of drug-likeness (QED) is 0.804. The van der Waals surface area contributed by atoms with Crippen LogP contribution in [0, 0.1) is 6.92 Å². The van der Waals surface area contributed by atoms with E-state index >= 15 is 0 Å². The van der Waals surface area contributed by atoms with Crippen molar-refractivity contribution in [2.24, 2.45) is 5.73 Å². The molecule has 0 radical (unpaired) electrons. The van der Waals surface area contributed by atoms with E-state index in [9.17, 15) is 0 Å². The summed E-state index contributed by atoms with van der Waals surface area (Å²) in [6, 6.07) is 8.56. The number of aromatic nitrogens is 1. The Bertz CT molecular complexity index is 471. The van der Waals surface area contributed by atoms with Gasteiger partial charge in [-0.2, -0.15) is 0 Å². The molecule has 16 heavy (non-hydrogen) atoms. The summed E-state index contributed by atoms with van der Waals surface area (Å²) >= 11 is 0. The fourth-order valence-corrected chi connectivity index (χ4v) is 2.34. The van der Waals surface area contributed by atoms with Crippen LogP contribution < -0.4 is 5.73 Å². The van der Waals surface area contributed by atoms with Crippen LogP contribution in [0.25, 0.3) is 10.9 Å². The summed E-state index contributed by atoms with van der Waals surface area (Å²) < 4.78 is 0. The van der Waals surface area contributed by atoms with Gasteiger partial charge in [-0.1, -0.05) is 38.0 Å². The molecule has 2 aromatic rings. The van der Waals surface area contributed by atoms with Gasteiger partial charge in [-0.05, 0) is 25.0 Å². The molecule has 86 valence electrons.